The van der Waals surface area contributed by atoms with E-state index >= 15 is 0 Å². The summed E-state index contributed by atoms with van der Waals surface area (Å²) in [6, 6.07) is 8.06. The zero-order valence-corrected chi connectivity index (χ0v) is 12.9. The number of aromatic amines is 1. The quantitative estimate of drug-likeness (QED) is 0.328. The molecule has 1 aromatic carbocycles. The normalized spacial score (nSPS) is 10.5. The molecule has 7 N–H and O–H groups in total. The third-order valence-corrected chi connectivity index (χ3v) is 4.15. The van der Waals surface area contributed by atoms with Gasteiger partial charge in [-0.05, 0) is 23.7 Å². The Hall–Kier alpha value is -1.93. The van der Waals surface area contributed by atoms with Gasteiger partial charge in [0.1, 0.15) is 10.7 Å². The number of nitrogens with two attached hydrogens (primary N) is 2. The second kappa shape index (κ2) is 7.19. The number of imidazole rings is 1. The van der Waals surface area contributed by atoms with Crippen LogP contribution >= 0.6 is 23.5 Å². The summed E-state index contributed by atoms with van der Waals surface area (Å²) in [5, 5.41) is 15.4. The number of aromatic nitrogens is 2. The highest BCUT2D eigenvalue weighted by Gasteiger charge is 2.10. The van der Waals surface area contributed by atoms with Crippen LogP contribution in [0.25, 0.3) is 11.3 Å². The van der Waals surface area contributed by atoms with E-state index in [-0.39, 0.29) is 10.3 Å². The molecule has 0 aliphatic rings. The monoisotopic (exact) mass is 320 g/mol. The van der Waals surface area contributed by atoms with Crippen LogP contribution in [-0.4, -0.2) is 26.1 Å². The van der Waals surface area contributed by atoms with Crippen LogP contribution in [0, 0.1) is 10.8 Å². The third kappa shape index (κ3) is 4.54. The predicted molar refractivity (Wildman–Crippen MR) is 89.9 cm³/mol. The number of aryl methyl sites for hydroxylation is 1. The molecule has 0 aliphatic heterocycles. The van der Waals surface area contributed by atoms with E-state index in [1.165, 1.54) is 17.3 Å². The van der Waals surface area contributed by atoms with E-state index < -0.39 is 0 Å². The number of nitrogens with zero attached hydrogens (tertiary/aromatic N) is 1. The first-order chi connectivity index (χ1) is 10.1. The Morgan fingerprint density at radius 2 is 1.86 bits per heavy atom. The van der Waals surface area contributed by atoms with Crippen molar-refractivity contribution in [3.8, 4) is 11.3 Å². The Balaban J connectivity index is 2.07. The van der Waals surface area contributed by atoms with E-state index in [0.717, 1.165) is 40.2 Å². The molecule has 21 heavy (non-hydrogen) atoms. The summed E-state index contributed by atoms with van der Waals surface area (Å²) in [6.45, 7) is 0. The number of hydrogen-bond acceptors (Lipinski definition) is 5. The lowest BCUT2D eigenvalue weighted by Crippen LogP contribution is -2.05. The van der Waals surface area contributed by atoms with E-state index in [2.05, 4.69) is 9.97 Å². The first kappa shape index (κ1) is 15.5. The Labute approximate surface area is 131 Å². The van der Waals surface area contributed by atoms with Gasteiger partial charge in [0.05, 0.1) is 6.33 Å². The first-order valence-corrected chi connectivity index (χ1v) is 7.98. The number of nitrogens with one attached hydrogen (secondary N) is 3. The lowest BCUT2D eigenvalue weighted by molar-refractivity contribution is 1.16. The Morgan fingerprint density at radius 1 is 1.14 bits per heavy atom. The molecule has 0 bridgehead atoms. The molecule has 2 aromatic rings. The van der Waals surface area contributed by atoms with Gasteiger partial charge in [0, 0.05) is 11.3 Å². The topological polar surface area (TPSA) is 128 Å². The van der Waals surface area contributed by atoms with Gasteiger partial charge in [-0.2, -0.15) is 0 Å². The molecule has 8 heteroatoms. The van der Waals surface area contributed by atoms with Crippen molar-refractivity contribution in [2.75, 3.05) is 5.75 Å². The molecule has 1 aromatic heterocycles. The van der Waals surface area contributed by atoms with Gasteiger partial charge in [0.2, 0.25) is 0 Å². The van der Waals surface area contributed by atoms with E-state index in [4.69, 9.17) is 22.3 Å². The van der Waals surface area contributed by atoms with Crippen molar-refractivity contribution in [1.29, 1.82) is 10.8 Å². The van der Waals surface area contributed by atoms with Gasteiger partial charge in [0.25, 0.3) is 0 Å². The fraction of sp³-hybridized carbons (Fsp3) is 0.154. The largest absolute Gasteiger partial charge is 0.379 e. The third-order valence-electron chi connectivity index (χ3n) is 2.69. The lowest BCUT2D eigenvalue weighted by atomic mass is 10.1. The number of rotatable bonds is 5. The molecule has 0 amide bonds. The summed E-state index contributed by atoms with van der Waals surface area (Å²) < 4.78 is 0. The van der Waals surface area contributed by atoms with Gasteiger partial charge in [-0.3, -0.25) is 10.8 Å². The highest BCUT2D eigenvalue weighted by Crippen LogP contribution is 2.28. The standard InChI is InChI=1S/C13H16N6S2/c14-12(15)20-6-5-8-1-3-9(4-2-8)10-11(19-7-18-10)21-13(16)17/h1-4,7H,5-6H2,(H3,14,15)(H3,16,17)(H,18,19). The summed E-state index contributed by atoms with van der Waals surface area (Å²) >= 11 is 2.49. The SMILES string of the molecule is N=C(N)SCCc1ccc(-c2nc[nH]c2SC(=N)N)cc1. The number of benzene rings is 1. The van der Waals surface area contributed by atoms with Crippen LogP contribution in [0.5, 0.6) is 0 Å². The van der Waals surface area contributed by atoms with Crippen LogP contribution in [0.1, 0.15) is 5.56 Å². The first-order valence-electron chi connectivity index (χ1n) is 6.17. The molecular weight excluding hydrogens is 304 g/mol. The van der Waals surface area contributed by atoms with Gasteiger partial charge in [-0.15, -0.1) is 0 Å². The van der Waals surface area contributed by atoms with Crippen LogP contribution in [-0.2, 0) is 6.42 Å². The van der Waals surface area contributed by atoms with Crippen LogP contribution in [0.4, 0.5) is 0 Å². The number of hydrogen-bond donors (Lipinski definition) is 5. The Bertz CT molecular complexity index is 634. The summed E-state index contributed by atoms with van der Waals surface area (Å²) in [5.74, 6) is 0.794. The van der Waals surface area contributed by atoms with E-state index in [0.29, 0.717) is 0 Å². The molecule has 0 unspecified atom stereocenters. The zero-order valence-electron chi connectivity index (χ0n) is 11.2. The molecule has 2 rings (SSSR count). The Kier molecular flexibility index (Phi) is 5.29. The molecule has 110 valence electrons. The maximum absolute atomic E-state index is 7.34. The van der Waals surface area contributed by atoms with Crippen molar-refractivity contribution in [2.45, 2.75) is 11.4 Å². The maximum atomic E-state index is 7.34. The molecular formula is C13H16N6S2. The molecule has 0 radical (unpaired) electrons. The minimum Gasteiger partial charge on any atom is -0.379 e. The summed E-state index contributed by atoms with van der Waals surface area (Å²) in [4.78, 5) is 7.26. The van der Waals surface area contributed by atoms with Crippen molar-refractivity contribution in [2.24, 2.45) is 11.5 Å². The van der Waals surface area contributed by atoms with Crippen LogP contribution < -0.4 is 11.5 Å². The molecule has 1 heterocycles. The van der Waals surface area contributed by atoms with Gasteiger partial charge >= 0.3 is 0 Å². The number of thioether (sulfide) groups is 2. The number of amidine groups is 2. The van der Waals surface area contributed by atoms with Crippen molar-refractivity contribution in [3.05, 3.63) is 36.2 Å². The predicted octanol–water partition coefficient (Wildman–Crippen LogP) is 2.23. The minimum atomic E-state index is 0.0263. The van der Waals surface area contributed by atoms with E-state index in [1.54, 1.807) is 6.33 Å². The summed E-state index contributed by atoms with van der Waals surface area (Å²) in [6.07, 6.45) is 2.46. The van der Waals surface area contributed by atoms with Crippen LogP contribution in [0.3, 0.4) is 0 Å². The van der Waals surface area contributed by atoms with Crippen molar-refractivity contribution in [1.82, 2.24) is 9.97 Å². The molecule has 0 fully saturated rings. The van der Waals surface area contributed by atoms with Crippen molar-refractivity contribution >= 4 is 33.9 Å². The average Bonchev–Trinajstić information content (AvgIpc) is 2.86. The summed E-state index contributed by atoms with van der Waals surface area (Å²) in [5.41, 5.74) is 13.7. The van der Waals surface area contributed by atoms with E-state index in [1.807, 2.05) is 24.3 Å². The second-order valence-corrected chi connectivity index (χ2v) is 6.40. The fourth-order valence-corrected chi connectivity index (χ4v) is 2.94. The smallest absolute Gasteiger partial charge is 0.157 e. The molecule has 0 spiro atoms. The fourth-order valence-electron chi connectivity index (χ4n) is 1.78. The van der Waals surface area contributed by atoms with Crippen molar-refractivity contribution < 1.29 is 0 Å². The van der Waals surface area contributed by atoms with Gasteiger partial charge in [0.15, 0.2) is 10.3 Å². The van der Waals surface area contributed by atoms with Gasteiger partial charge in [-0.1, -0.05) is 36.0 Å². The molecule has 6 nitrogen and oxygen atoms in total. The second-order valence-electron chi connectivity index (χ2n) is 4.21. The highest BCUT2D eigenvalue weighted by atomic mass is 32.2. The molecule has 0 aliphatic carbocycles. The average molecular weight is 320 g/mol. The van der Waals surface area contributed by atoms with Gasteiger partial charge < -0.3 is 16.5 Å². The Morgan fingerprint density at radius 3 is 2.48 bits per heavy atom. The minimum absolute atomic E-state index is 0.0263. The number of H-pyrrole nitrogens is 1. The van der Waals surface area contributed by atoms with E-state index in [9.17, 15) is 0 Å². The highest BCUT2D eigenvalue weighted by molar-refractivity contribution is 8.13. The molecule has 0 saturated carbocycles. The van der Waals surface area contributed by atoms with Crippen LogP contribution in [0.2, 0.25) is 0 Å². The van der Waals surface area contributed by atoms with Crippen LogP contribution in [0.15, 0.2) is 35.6 Å². The summed E-state index contributed by atoms with van der Waals surface area (Å²) in [7, 11) is 0. The molecule has 0 atom stereocenters. The maximum Gasteiger partial charge on any atom is 0.157 e. The van der Waals surface area contributed by atoms with Gasteiger partial charge in [-0.25, -0.2) is 4.98 Å². The molecule has 0 saturated heterocycles. The van der Waals surface area contributed by atoms with Crippen molar-refractivity contribution in [3.63, 3.8) is 0 Å². The lowest BCUT2D eigenvalue weighted by Gasteiger charge is -2.04. The zero-order chi connectivity index (χ0) is 15.2.